The maximum atomic E-state index is 14.9. The van der Waals surface area contributed by atoms with Gasteiger partial charge in [0.1, 0.15) is 17.6 Å². The Labute approximate surface area is 184 Å². The van der Waals surface area contributed by atoms with Crippen molar-refractivity contribution in [1.82, 2.24) is 10.2 Å². The van der Waals surface area contributed by atoms with E-state index in [-0.39, 0.29) is 36.4 Å². The first kappa shape index (κ1) is 21.3. The van der Waals surface area contributed by atoms with Crippen LogP contribution in [0.25, 0.3) is 0 Å². The standard InChI is InChI=1S/C24H25FN2O3S/c25-21-12-4-3-11-20(21)23(24(29)26-17-7-1-2-8-17)27(16-18-9-5-13-30-18)22(28)15-19-10-6-14-31-19/h3-6,9-14,17,23H,1-2,7-8,15-16H2,(H,26,29). The molecule has 1 atom stereocenters. The highest BCUT2D eigenvalue weighted by Crippen LogP contribution is 2.28. The molecule has 2 aromatic heterocycles. The fourth-order valence-corrected chi connectivity index (χ4v) is 4.75. The van der Waals surface area contributed by atoms with Crippen LogP contribution in [0.4, 0.5) is 4.39 Å². The molecule has 0 spiro atoms. The van der Waals surface area contributed by atoms with Crippen LogP contribution in [0.1, 0.15) is 47.9 Å². The molecule has 0 radical (unpaired) electrons. The third-order valence-corrected chi connectivity index (χ3v) is 6.47. The number of carbonyl (C=O) groups excluding carboxylic acids is 2. The molecule has 1 N–H and O–H groups in total. The molecule has 5 nitrogen and oxygen atoms in total. The molecule has 0 saturated heterocycles. The molecule has 31 heavy (non-hydrogen) atoms. The molecule has 1 saturated carbocycles. The average Bonchev–Trinajstić information content (AvgIpc) is 3.53. The third-order valence-electron chi connectivity index (χ3n) is 5.59. The number of hydrogen-bond donors (Lipinski definition) is 1. The van der Waals surface area contributed by atoms with Crippen LogP contribution in [-0.4, -0.2) is 22.8 Å². The second-order valence-corrected chi connectivity index (χ2v) is 8.80. The molecule has 1 aromatic carbocycles. The van der Waals surface area contributed by atoms with E-state index in [9.17, 15) is 14.0 Å². The zero-order valence-electron chi connectivity index (χ0n) is 17.1. The fraction of sp³-hybridized carbons (Fsp3) is 0.333. The third kappa shape index (κ3) is 5.22. The maximum absolute atomic E-state index is 14.9. The SMILES string of the molecule is O=C(NC1CCCC1)C(c1ccccc1F)N(Cc1ccco1)C(=O)Cc1cccs1. The van der Waals surface area contributed by atoms with Gasteiger partial charge in [-0.05, 0) is 42.5 Å². The molecule has 4 rings (SSSR count). The lowest BCUT2D eigenvalue weighted by Crippen LogP contribution is -2.46. The first-order valence-electron chi connectivity index (χ1n) is 10.5. The van der Waals surface area contributed by atoms with Gasteiger partial charge in [-0.3, -0.25) is 9.59 Å². The highest BCUT2D eigenvalue weighted by molar-refractivity contribution is 7.10. The van der Waals surface area contributed by atoms with E-state index in [2.05, 4.69) is 5.32 Å². The number of nitrogens with one attached hydrogen (secondary N) is 1. The van der Waals surface area contributed by atoms with Crippen molar-refractivity contribution in [3.8, 4) is 0 Å². The van der Waals surface area contributed by atoms with Gasteiger partial charge in [-0.1, -0.05) is 37.1 Å². The second-order valence-electron chi connectivity index (χ2n) is 7.77. The van der Waals surface area contributed by atoms with Crippen LogP contribution < -0.4 is 5.32 Å². The molecule has 1 aliphatic carbocycles. The van der Waals surface area contributed by atoms with Gasteiger partial charge in [0, 0.05) is 16.5 Å². The summed E-state index contributed by atoms with van der Waals surface area (Å²) in [6.45, 7) is 0.0777. The van der Waals surface area contributed by atoms with Gasteiger partial charge in [-0.15, -0.1) is 11.3 Å². The maximum Gasteiger partial charge on any atom is 0.247 e. The van der Waals surface area contributed by atoms with Gasteiger partial charge in [0.2, 0.25) is 11.8 Å². The highest BCUT2D eigenvalue weighted by Gasteiger charge is 2.35. The summed E-state index contributed by atoms with van der Waals surface area (Å²) >= 11 is 1.48. The lowest BCUT2D eigenvalue weighted by Gasteiger charge is -2.32. The summed E-state index contributed by atoms with van der Waals surface area (Å²) in [5.74, 6) is -0.589. The summed E-state index contributed by atoms with van der Waals surface area (Å²) < 4.78 is 20.3. The van der Waals surface area contributed by atoms with Crippen molar-refractivity contribution in [2.45, 2.75) is 50.7 Å². The molecule has 3 aromatic rings. The number of halogens is 1. The monoisotopic (exact) mass is 440 g/mol. The smallest absolute Gasteiger partial charge is 0.247 e. The number of hydrogen-bond acceptors (Lipinski definition) is 4. The highest BCUT2D eigenvalue weighted by atomic mass is 32.1. The lowest BCUT2D eigenvalue weighted by atomic mass is 10.0. The Kier molecular flexibility index (Phi) is 6.82. The quantitative estimate of drug-likeness (QED) is 0.545. The number of rotatable bonds is 8. The molecule has 2 amide bonds. The van der Waals surface area contributed by atoms with Crippen LogP contribution >= 0.6 is 11.3 Å². The Hall–Kier alpha value is -2.93. The molecule has 1 fully saturated rings. The summed E-state index contributed by atoms with van der Waals surface area (Å²) in [5, 5.41) is 4.95. The molecule has 0 bridgehead atoms. The van der Waals surface area contributed by atoms with E-state index in [1.54, 1.807) is 30.3 Å². The van der Waals surface area contributed by atoms with Crippen molar-refractivity contribution >= 4 is 23.2 Å². The Morgan fingerprint density at radius 2 is 1.94 bits per heavy atom. The Bertz CT molecular complexity index is 998. The van der Waals surface area contributed by atoms with Crippen LogP contribution in [0.2, 0.25) is 0 Å². The zero-order chi connectivity index (χ0) is 21.6. The number of furan rings is 1. The van der Waals surface area contributed by atoms with Gasteiger partial charge in [0.25, 0.3) is 0 Å². The largest absolute Gasteiger partial charge is 0.467 e. The normalized spacial score (nSPS) is 15.0. The van der Waals surface area contributed by atoms with E-state index in [4.69, 9.17) is 4.42 Å². The van der Waals surface area contributed by atoms with Crippen molar-refractivity contribution in [1.29, 1.82) is 0 Å². The van der Waals surface area contributed by atoms with Gasteiger partial charge in [0.05, 0.1) is 19.2 Å². The summed E-state index contributed by atoms with van der Waals surface area (Å²) in [6.07, 6.45) is 5.58. The van der Waals surface area contributed by atoms with Crippen LogP contribution in [0, 0.1) is 5.82 Å². The predicted octanol–water partition coefficient (Wildman–Crippen LogP) is 4.85. The molecule has 1 unspecified atom stereocenters. The average molecular weight is 441 g/mol. The minimum absolute atomic E-state index is 0.0552. The Morgan fingerprint density at radius 3 is 2.61 bits per heavy atom. The Morgan fingerprint density at radius 1 is 1.13 bits per heavy atom. The van der Waals surface area contributed by atoms with E-state index in [1.807, 2.05) is 17.5 Å². The molecular weight excluding hydrogens is 415 g/mol. The first-order chi connectivity index (χ1) is 15.1. The van der Waals surface area contributed by atoms with Gasteiger partial charge in [-0.2, -0.15) is 0 Å². The molecule has 162 valence electrons. The molecule has 0 aliphatic heterocycles. The summed E-state index contributed by atoms with van der Waals surface area (Å²) in [4.78, 5) is 29.1. The minimum atomic E-state index is -1.08. The van der Waals surface area contributed by atoms with E-state index < -0.39 is 11.9 Å². The molecular formula is C24H25FN2O3S. The van der Waals surface area contributed by atoms with Gasteiger partial charge in [0.15, 0.2) is 0 Å². The minimum Gasteiger partial charge on any atom is -0.467 e. The van der Waals surface area contributed by atoms with Crippen molar-refractivity contribution in [2.75, 3.05) is 0 Å². The number of carbonyl (C=O) groups is 2. The summed E-state index contributed by atoms with van der Waals surface area (Å²) in [5.41, 5.74) is 0.184. The Balaban J connectivity index is 1.69. The van der Waals surface area contributed by atoms with Crippen molar-refractivity contribution in [3.05, 3.63) is 82.2 Å². The van der Waals surface area contributed by atoms with Crippen molar-refractivity contribution < 1.29 is 18.4 Å². The number of nitrogens with zero attached hydrogens (tertiary/aromatic N) is 1. The summed E-state index contributed by atoms with van der Waals surface area (Å²) in [6, 6.07) is 12.4. The van der Waals surface area contributed by atoms with Gasteiger partial charge >= 0.3 is 0 Å². The second kappa shape index (κ2) is 9.92. The van der Waals surface area contributed by atoms with Crippen molar-refractivity contribution in [3.63, 3.8) is 0 Å². The number of benzene rings is 1. The number of amides is 2. The van der Waals surface area contributed by atoms with E-state index in [0.29, 0.717) is 5.76 Å². The van der Waals surface area contributed by atoms with E-state index in [0.717, 1.165) is 30.6 Å². The van der Waals surface area contributed by atoms with Crippen LogP contribution in [0.5, 0.6) is 0 Å². The first-order valence-corrected chi connectivity index (χ1v) is 11.4. The fourth-order valence-electron chi connectivity index (χ4n) is 4.06. The van der Waals surface area contributed by atoms with Crippen LogP contribution in [0.15, 0.2) is 64.6 Å². The van der Waals surface area contributed by atoms with E-state index >= 15 is 0 Å². The predicted molar refractivity (Wildman–Crippen MR) is 117 cm³/mol. The lowest BCUT2D eigenvalue weighted by molar-refractivity contribution is -0.141. The number of thiophene rings is 1. The topological polar surface area (TPSA) is 62.6 Å². The van der Waals surface area contributed by atoms with Crippen molar-refractivity contribution in [2.24, 2.45) is 0 Å². The zero-order valence-corrected chi connectivity index (χ0v) is 17.9. The molecule has 7 heteroatoms. The summed E-state index contributed by atoms with van der Waals surface area (Å²) in [7, 11) is 0. The van der Waals surface area contributed by atoms with Gasteiger partial charge in [-0.25, -0.2) is 4.39 Å². The molecule has 1 aliphatic rings. The van der Waals surface area contributed by atoms with Crippen LogP contribution in [-0.2, 0) is 22.6 Å². The van der Waals surface area contributed by atoms with Crippen LogP contribution in [0.3, 0.4) is 0 Å². The van der Waals surface area contributed by atoms with Gasteiger partial charge < -0.3 is 14.6 Å². The van der Waals surface area contributed by atoms with E-state index in [1.165, 1.54) is 28.6 Å². The molecule has 2 heterocycles.